The first-order chi connectivity index (χ1) is 14.7. The zero-order valence-electron chi connectivity index (χ0n) is 17.2. The lowest BCUT2D eigenvalue weighted by Gasteiger charge is -2.23. The molecule has 0 saturated carbocycles. The number of imidazole rings is 1. The van der Waals surface area contributed by atoms with E-state index >= 15 is 0 Å². The van der Waals surface area contributed by atoms with Crippen molar-refractivity contribution in [3.8, 4) is 0 Å². The van der Waals surface area contributed by atoms with Gasteiger partial charge < -0.3 is 15.2 Å². The molecule has 10 heteroatoms. The summed E-state index contributed by atoms with van der Waals surface area (Å²) in [5, 5.41) is 4.55. The van der Waals surface area contributed by atoms with Crippen LogP contribution in [0.2, 0.25) is 0 Å². The van der Waals surface area contributed by atoms with Crippen molar-refractivity contribution in [1.29, 1.82) is 0 Å². The van der Waals surface area contributed by atoms with Crippen molar-refractivity contribution in [2.75, 3.05) is 18.9 Å². The summed E-state index contributed by atoms with van der Waals surface area (Å²) < 4.78 is 41.8. The SMILES string of the molecule is C[C@H](C(=O)NCC(=O)Nc1ccc(F)c(F)c1F)N(C)Cc1nc2ccccc2n1C. The molecule has 2 amide bonds. The number of aryl methyl sites for hydroxylation is 1. The van der Waals surface area contributed by atoms with Gasteiger partial charge >= 0.3 is 0 Å². The van der Waals surface area contributed by atoms with E-state index in [4.69, 9.17) is 0 Å². The maximum absolute atomic E-state index is 13.6. The normalized spacial score (nSPS) is 12.2. The molecule has 31 heavy (non-hydrogen) atoms. The van der Waals surface area contributed by atoms with Crippen molar-refractivity contribution < 1.29 is 22.8 Å². The lowest BCUT2D eigenvalue weighted by Crippen LogP contribution is -2.45. The van der Waals surface area contributed by atoms with Crippen LogP contribution in [0.25, 0.3) is 11.0 Å². The zero-order valence-corrected chi connectivity index (χ0v) is 17.2. The Morgan fingerprint density at radius 3 is 2.55 bits per heavy atom. The molecule has 0 saturated heterocycles. The quantitative estimate of drug-likeness (QED) is 0.562. The highest BCUT2D eigenvalue weighted by Gasteiger charge is 2.21. The smallest absolute Gasteiger partial charge is 0.243 e. The van der Waals surface area contributed by atoms with Crippen LogP contribution in [0.5, 0.6) is 0 Å². The van der Waals surface area contributed by atoms with Gasteiger partial charge in [0.1, 0.15) is 5.82 Å². The Balaban J connectivity index is 1.55. The molecule has 0 spiro atoms. The predicted molar refractivity (Wildman–Crippen MR) is 110 cm³/mol. The number of halogens is 3. The first-order valence-electron chi connectivity index (χ1n) is 9.50. The summed E-state index contributed by atoms with van der Waals surface area (Å²) in [6, 6.07) is 8.69. The van der Waals surface area contributed by atoms with Gasteiger partial charge in [0.25, 0.3) is 0 Å². The van der Waals surface area contributed by atoms with E-state index in [1.54, 1.807) is 18.9 Å². The number of hydrogen-bond acceptors (Lipinski definition) is 4. The van der Waals surface area contributed by atoms with Gasteiger partial charge in [-0.1, -0.05) is 12.1 Å². The average Bonchev–Trinajstić information content (AvgIpc) is 3.07. The number of fused-ring (bicyclic) bond motifs is 1. The van der Waals surface area contributed by atoms with Crippen LogP contribution in [-0.2, 0) is 23.2 Å². The third-order valence-electron chi connectivity index (χ3n) is 5.04. The number of aromatic nitrogens is 2. The number of likely N-dealkylation sites (N-methyl/N-ethyl adjacent to an activating group) is 1. The third-order valence-corrected chi connectivity index (χ3v) is 5.04. The number of benzene rings is 2. The molecule has 1 atom stereocenters. The van der Waals surface area contributed by atoms with Crippen LogP contribution in [0.3, 0.4) is 0 Å². The van der Waals surface area contributed by atoms with Crippen LogP contribution in [0, 0.1) is 17.5 Å². The van der Waals surface area contributed by atoms with Crippen molar-refractivity contribution in [1.82, 2.24) is 19.8 Å². The van der Waals surface area contributed by atoms with E-state index < -0.39 is 47.5 Å². The van der Waals surface area contributed by atoms with Crippen LogP contribution >= 0.6 is 0 Å². The van der Waals surface area contributed by atoms with Crippen LogP contribution in [0.1, 0.15) is 12.7 Å². The highest BCUT2D eigenvalue weighted by atomic mass is 19.2. The second-order valence-electron chi connectivity index (χ2n) is 7.16. The van der Waals surface area contributed by atoms with E-state index in [0.717, 1.165) is 22.9 Å². The summed E-state index contributed by atoms with van der Waals surface area (Å²) in [4.78, 5) is 30.7. The monoisotopic (exact) mass is 433 g/mol. The van der Waals surface area contributed by atoms with Crippen molar-refractivity contribution >= 4 is 28.5 Å². The number of rotatable bonds is 7. The van der Waals surface area contributed by atoms with Crippen LogP contribution < -0.4 is 10.6 Å². The number of nitrogens with zero attached hydrogens (tertiary/aromatic N) is 3. The van der Waals surface area contributed by atoms with Crippen molar-refractivity contribution in [2.24, 2.45) is 7.05 Å². The number of carbonyl (C=O) groups is 2. The van der Waals surface area contributed by atoms with Crippen LogP contribution in [0.4, 0.5) is 18.9 Å². The Labute approximate surface area is 176 Å². The summed E-state index contributed by atoms with van der Waals surface area (Å²) in [5.74, 6) is -4.98. The lowest BCUT2D eigenvalue weighted by molar-refractivity contribution is -0.127. The Morgan fingerprint density at radius 2 is 1.84 bits per heavy atom. The van der Waals surface area contributed by atoms with Gasteiger partial charge in [-0.15, -0.1) is 0 Å². The van der Waals surface area contributed by atoms with Gasteiger partial charge in [-0.3, -0.25) is 14.5 Å². The number of hydrogen-bond donors (Lipinski definition) is 2. The summed E-state index contributed by atoms with van der Waals surface area (Å²) in [6.45, 7) is 1.61. The summed E-state index contributed by atoms with van der Waals surface area (Å²) in [6.07, 6.45) is 0. The first-order valence-corrected chi connectivity index (χ1v) is 9.50. The average molecular weight is 433 g/mol. The minimum atomic E-state index is -1.68. The van der Waals surface area contributed by atoms with Gasteiger partial charge in [-0.25, -0.2) is 18.2 Å². The summed E-state index contributed by atoms with van der Waals surface area (Å²) >= 11 is 0. The maximum Gasteiger partial charge on any atom is 0.243 e. The molecule has 3 aromatic rings. The number of amides is 2. The molecule has 2 N–H and O–H groups in total. The predicted octanol–water partition coefficient (Wildman–Crippen LogP) is 2.57. The molecule has 1 heterocycles. The molecule has 0 radical (unpaired) electrons. The molecule has 0 unspecified atom stereocenters. The van der Waals surface area contributed by atoms with E-state index in [0.29, 0.717) is 12.6 Å². The Kier molecular flexibility index (Phi) is 6.59. The molecule has 3 rings (SSSR count). The summed E-state index contributed by atoms with van der Waals surface area (Å²) in [5.41, 5.74) is 1.32. The largest absolute Gasteiger partial charge is 0.346 e. The Hall–Kier alpha value is -3.40. The minimum absolute atomic E-state index is 0.395. The van der Waals surface area contributed by atoms with Gasteiger partial charge in [0.2, 0.25) is 11.8 Å². The van der Waals surface area contributed by atoms with Gasteiger partial charge in [-0.2, -0.15) is 0 Å². The molecule has 164 valence electrons. The van der Waals surface area contributed by atoms with Crippen LogP contribution in [-0.4, -0.2) is 45.9 Å². The fourth-order valence-corrected chi connectivity index (χ4v) is 3.03. The molecule has 0 fully saturated rings. The van der Waals surface area contributed by atoms with E-state index in [1.807, 2.05) is 35.9 Å². The molecule has 0 bridgehead atoms. The molecule has 7 nitrogen and oxygen atoms in total. The first kappa shape index (κ1) is 22.3. The highest BCUT2D eigenvalue weighted by Crippen LogP contribution is 2.19. The topological polar surface area (TPSA) is 79.3 Å². The lowest BCUT2D eigenvalue weighted by atomic mass is 10.2. The zero-order chi connectivity index (χ0) is 22.7. The molecular weight excluding hydrogens is 411 g/mol. The number of para-hydroxylation sites is 2. The number of nitrogens with one attached hydrogen (secondary N) is 2. The van der Waals surface area contributed by atoms with Gasteiger partial charge in [0, 0.05) is 7.05 Å². The van der Waals surface area contributed by atoms with E-state index in [1.165, 1.54) is 0 Å². The van der Waals surface area contributed by atoms with E-state index in [2.05, 4.69) is 15.6 Å². The molecule has 0 aliphatic heterocycles. The molecule has 0 aliphatic rings. The van der Waals surface area contributed by atoms with Gasteiger partial charge in [0.05, 0.1) is 35.9 Å². The number of carbonyl (C=O) groups excluding carboxylic acids is 2. The van der Waals surface area contributed by atoms with E-state index in [9.17, 15) is 22.8 Å². The van der Waals surface area contributed by atoms with Crippen molar-refractivity contribution in [2.45, 2.75) is 19.5 Å². The highest BCUT2D eigenvalue weighted by molar-refractivity contribution is 5.95. The Morgan fingerprint density at radius 1 is 1.13 bits per heavy atom. The fraction of sp³-hybridized carbons (Fsp3) is 0.286. The van der Waals surface area contributed by atoms with Gasteiger partial charge in [0.15, 0.2) is 17.5 Å². The summed E-state index contributed by atoms with van der Waals surface area (Å²) in [7, 11) is 3.64. The van der Waals surface area contributed by atoms with Crippen LogP contribution in [0.15, 0.2) is 36.4 Å². The second kappa shape index (κ2) is 9.17. The molecule has 2 aromatic carbocycles. The standard InChI is InChI=1S/C21H22F3N5O2/c1-12(28(2)11-17-26-14-6-4-5-7-16(14)29(17)3)21(31)25-10-18(30)27-15-9-8-13(22)19(23)20(15)24/h4-9,12H,10-11H2,1-3H3,(H,25,31)(H,27,30)/t12-/m1/s1. The number of anilines is 1. The molecule has 1 aromatic heterocycles. The fourth-order valence-electron chi connectivity index (χ4n) is 3.03. The minimum Gasteiger partial charge on any atom is -0.346 e. The molecular formula is C21H22F3N5O2. The second-order valence-corrected chi connectivity index (χ2v) is 7.16. The van der Waals surface area contributed by atoms with Gasteiger partial charge in [-0.05, 0) is 38.2 Å². The van der Waals surface area contributed by atoms with E-state index in [-0.39, 0.29) is 0 Å². The Bertz CT molecular complexity index is 1130. The van der Waals surface area contributed by atoms with Crippen molar-refractivity contribution in [3.63, 3.8) is 0 Å². The third kappa shape index (κ3) is 4.85. The maximum atomic E-state index is 13.6. The molecule has 0 aliphatic carbocycles. The van der Waals surface area contributed by atoms with Crippen molar-refractivity contribution in [3.05, 3.63) is 59.7 Å².